The summed E-state index contributed by atoms with van der Waals surface area (Å²) in [5, 5.41) is 7.48. The van der Waals surface area contributed by atoms with Gasteiger partial charge in [-0.15, -0.1) is 0 Å². The van der Waals surface area contributed by atoms with Crippen LogP contribution in [0.4, 0.5) is 5.69 Å². The van der Waals surface area contributed by atoms with Crippen molar-refractivity contribution in [3.63, 3.8) is 0 Å². The van der Waals surface area contributed by atoms with Gasteiger partial charge >= 0.3 is 0 Å². The zero-order valence-corrected chi connectivity index (χ0v) is 18.2. The largest absolute Gasteiger partial charge is 0.352 e. The molecule has 0 bridgehead atoms. The van der Waals surface area contributed by atoms with Crippen LogP contribution in [-0.4, -0.2) is 17.9 Å². The molecule has 1 spiro atoms. The molecule has 1 saturated heterocycles. The van der Waals surface area contributed by atoms with E-state index in [1.807, 2.05) is 42.5 Å². The third-order valence-corrected chi connectivity index (χ3v) is 6.45. The van der Waals surface area contributed by atoms with Gasteiger partial charge in [-0.2, -0.15) is 0 Å². The van der Waals surface area contributed by atoms with E-state index in [1.54, 1.807) is 6.07 Å². The summed E-state index contributed by atoms with van der Waals surface area (Å²) in [6.07, 6.45) is 2.80. The van der Waals surface area contributed by atoms with Crippen LogP contribution in [0.5, 0.6) is 0 Å². The second-order valence-electron chi connectivity index (χ2n) is 7.53. The minimum atomic E-state index is -0.662. The van der Waals surface area contributed by atoms with Gasteiger partial charge in [-0.1, -0.05) is 74.2 Å². The van der Waals surface area contributed by atoms with E-state index in [1.165, 1.54) is 0 Å². The van der Waals surface area contributed by atoms with Gasteiger partial charge in [0, 0.05) is 22.2 Å². The van der Waals surface area contributed by atoms with E-state index < -0.39 is 5.41 Å². The highest BCUT2D eigenvalue weighted by molar-refractivity contribution is 6.31. The van der Waals surface area contributed by atoms with Crippen LogP contribution < -0.4 is 10.6 Å². The fourth-order valence-electron chi connectivity index (χ4n) is 4.45. The van der Waals surface area contributed by atoms with Crippen LogP contribution in [0, 0.1) is 5.92 Å². The van der Waals surface area contributed by atoms with Crippen molar-refractivity contribution >= 4 is 40.7 Å². The zero-order chi connectivity index (χ0) is 21.0. The van der Waals surface area contributed by atoms with E-state index in [2.05, 4.69) is 24.5 Å². The summed E-state index contributed by atoms with van der Waals surface area (Å²) in [7, 11) is 0. The number of hydrogen-bond donors (Lipinski definition) is 2. The first-order valence-electron chi connectivity index (χ1n) is 10.0. The third-order valence-electron chi connectivity index (χ3n) is 5.96. The molecule has 2 aromatic carbocycles. The topological polar surface area (TPSA) is 58.2 Å². The molecule has 1 fully saturated rings. The number of amides is 2. The molecule has 0 saturated carbocycles. The highest BCUT2D eigenvalue weighted by Crippen LogP contribution is 2.48. The quantitative estimate of drug-likeness (QED) is 0.664. The molecule has 4 rings (SSSR count). The van der Waals surface area contributed by atoms with E-state index >= 15 is 0 Å². The summed E-state index contributed by atoms with van der Waals surface area (Å²) in [6.45, 7) is 4.22. The maximum absolute atomic E-state index is 12.9. The summed E-state index contributed by atoms with van der Waals surface area (Å²) in [4.78, 5) is 24.8. The van der Waals surface area contributed by atoms with Gasteiger partial charge in [0.15, 0.2) is 0 Å². The number of benzene rings is 2. The van der Waals surface area contributed by atoms with Crippen molar-refractivity contribution in [3.8, 4) is 0 Å². The van der Waals surface area contributed by atoms with Crippen LogP contribution in [0.25, 0.3) is 0 Å². The summed E-state index contributed by atoms with van der Waals surface area (Å²) in [5.41, 5.74) is 1.09. The van der Waals surface area contributed by atoms with Crippen molar-refractivity contribution in [1.29, 1.82) is 0 Å². The molecule has 2 aromatic rings. The van der Waals surface area contributed by atoms with Gasteiger partial charge in [0.2, 0.25) is 11.8 Å². The molecule has 0 aliphatic carbocycles. The molecule has 1 unspecified atom stereocenters. The fraction of sp³-hybridized carbons (Fsp3) is 0.391. The monoisotopic (exact) mass is 432 g/mol. The smallest absolute Gasteiger partial charge is 0.237 e. The standard InChI is InChI=1S/C17H21ClN2O2.C6H5Cl/c1-3-10(4-2)15-17(8-7-14(21)20-15)12-6-5-11(18)9-13(12)19-16(17)22;7-6-4-2-1-3-5-6/h5-6,9-10,15H,3-4,7-8H2,1-2H3,(H,19,22)(H,20,21);1-5H/t15?,17-;/m1./s1. The Kier molecular flexibility index (Phi) is 6.86. The van der Waals surface area contributed by atoms with Gasteiger partial charge in [0.05, 0.1) is 11.5 Å². The van der Waals surface area contributed by atoms with Crippen LogP contribution in [0.3, 0.4) is 0 Å². The molecule has 2 heterocycles. The van der Waals surface area contributed by atoms with Crippen LogP contribution in [0.1, 0.15) is 45.1 Å². The van der Waals surface area contributed by atoms with Crippen molar-refractivity contribution in [2.75, 3.05) is 5.32 Å². The van der Waals surface area contributed by atoms with E-state index in [4.69, 9.17) is 23.2 Å². The Balaban J connectivity index is 0.000000290. The fourth-order valence-corrected chi connectivity index (χ4v) is 4.77. The maximum Gasteiger partial charge on any atom is 0.237 e. The Hall–Kier alpha value is -2.04. The first kappa shape index (κ1) is 21.7. The van der Waals surface area contributed by atoms with Crippen molar-refractivity contribution in [1.82, 2.24) is 5.32 Å². The van der Waals surface area contributed by atoms with Crippen LogP contribution in [-0.2, 0) is 15.0 Å². The lowest BCUT2D eigenvalue weighted by molar-refractivity contribution is -0.131. The number of rotatable bonds is 3. The number of carbonyl (C=O) groups excluding carboxylic acids is 2. The predicted molar refractivity (Wildman–Crippen MR) is 118 cm³/mol. The van der Waals surface area contributed by atoms with E-state index in [-0.39, 0.29) is 23.8 Å². The molecule has 4 nitrogen and oxygen atoms in total. The number of nitrogens with one attached hydrogen (secondary N) is 2. The number of carbonyl (C=O) groups is 2. The lowest BCUT2D eigenvalue weighted by Crippen LogP contribution is -2.61. The number of piperidine rings is 1. The molecule has 2 aliphatic rings. The number of halogens is 2. The summed E-state index contributed by atoms with van der Waals surface area (Å²) >= 11 is 11.6. The number of anilines is 1. The second-order valence-corrected chi connectivity index (χ2v) is 8.41. The van der Waals surface area contributed by atoms with E-state index in [9.17, 15) is 9.59 Å². The van der Waals surface area contributed by atoms with Crippen molar-refractivity contribution in [2.45, 2.75) is 51.0 Å². The Morgan fingerprint density at radius 3 is 2.31 bits per heavy atom. The predicted octanol–water partition coefficient (Wildman–Crippen LogP) is 5.58. The number of hydrogen-bond acceptors (Lipinski definition) is 2. The van der Waals surface area contributed by atoms with Crippen molar-refractivity contribution in [3.05, 3.63) is 64.1 Å². The summed E-state index contributed by atoms with van der Waals surface area (Å²) in [6, 6.07) is 14.8. The summed E-state index contributed by atoms with van der Waals surface area (Å²) < 4.78 is 0. The minimum absolute atomic E-state index is 0.0123. The Labute approximate surface area is 182 Å². The average Bonchev–Trinajstić information content (AvgIpc) is 2.97. The molecule has 2 amide bonds. The molecule has 2 atom stereocenters. The highest BCUT2D eigenvalue weighted by Gasteiger charge is 2.56. The minimum Gasteiger partial charge on any atom is -0.352 e. The lowest BCUT2D eigenvalue weighted by atomic mass is 9.65. The molecular formula is C23H26Cl2N2O2. The lowest BCUT2D eigenvalue weighted by Gasteiger charge is -2.43. The van der Waals surface area contributed by atoms with Gasteiger partial charge in [-0.3, -0.25) is 9.59 Å². The normalized spacial score (nSPS) is 22.6. The van der Waals surface area contributed by atoms with E-state index in [0.29, 0.717) is 17.9 Å². The van der Waals surface area contributed by atoms with Crippen LogP contribution in [0.15, 0.2) is 48.5 Å². The van der Waals surface area contributed by atoms with Crippen molar-refractivity contribution < 1.29 is 9.59 Å². The first-order chi connectivity index (χ1) is 13.9. The van der Waals surface area contributed by atoms with Gasteiger partial charge in [-0.05, 0) is 42.2 Å². The molecular weight excluding hydrogens is 407 g/mol. The van der Waals surface area contributed by atoms with Gasteiger partial charge < -0.3 is 10.6 Å². The van der Waals surface area contributed by atoms with Gasteiger partial charge in [-0.25, -0.2) is 0 Å². The average molecular weight is 433 g/mol. The number of fused-ring (bicyclic) bond motifs is 2. The molecule has 29 heavy (non-hydrogen) atoms. The van der Waals surface area contributed by atoms with Gasteiger partial charge in [0.1, 0.15) is 0 Å². The Morgan fingerprint density at radius 2 is 1.72 bits per heavy atom. The van der Waals surface area contributed by atoms with Crippen LogP contribution in [0.2, 0.25) is 10.0 Å². The maximum atomic E-state index is 12.9. The van der Waals surface area contributed by atoms with Gasteiger partial charge in [0.25, 0.3) is 0 Å². The molecule has 6 heteroatoms. The molecule has 2 aliphatic heterocycles. The molecule has 0 radical (unpaired) electrons. The Morgan fingerprint density at radius 1 is 1.03 bits per heavy atom. The zero-order valence-electron chi connectivity index (χ0n) is 16.7. The van der Waals surface area contributed by atoms with Crippen molar-refractivity contribution in [2.24, 2.45) is 5.92 Å². The Bertz CT molecular complexity index is 884. The summed E-state index contributed by atoms with van der Waals surface area (Å²) in [5.74, 6) is 0.302. The van der Waals surface area contributed by atoms with E-state index in [0.717, 1.165) is 29.1 Å². The molecule has 154 valence electrons. The van der Waals surface area contributed by atoms with Crippen LogP contribution >= 0.6 is 23.2 Å². The highest BCUT2D eigenvalue weighted by atomic mass is 35.5. The SMILES string of the molecule is CCC(CC)C1NC(=O)CC[C@]12C(=O)Nc1cc(Cl)ccc12.Clc1ccccc1. The third kappa shape index (κ3) is 4.29. The first-order valence-corrected chi connectivity index (χ1v) is 10.8. The molecule has 0 aromatic heterocycles. The molecule has 2 N–H and O–H groups in total. The second kappa shape index (κ2) is 9.19.